The second-order valence-corrected chi connectivity index (χ2v) is 4.37. The van der Waals surface area contributed by atoms with Gasteiger partial charge in [0, 0.05) is 18.8 Å². The van der Waals surface area contributed by atoms with Crippen molar-refractivity contribution in [1.29, 1.82) is 0 Å². The molecule has 1 saturated heterocycles. The number of hydrazone groups is 1. The number of benzene rings is 1. The van der Waals surface area contributed by atoms with Crippen molar-refractivity contribution in [3.63, 3.8) is 0 Å². The maximum Gasteiger partial charge on any atom is 0.0540 e. The maximum absolute atomic E-state index is 5.17. The van der Waals surface area contributed by atoms with Gasteiger partial charge in [-0.25, -0.2) is 0 Å². The lowest BCUT2D eigenvalue weighted by Gasteiger charge is -2.29. The van der Waals surface area contributed by atoms with Crippen LogP contribution in [0.2, 0.25) is 0 Å². The van der Waals surface area contributed by atoms with Crippen LogP contribution in [0, 0.1) is 6.92 Å². The van der Waals surface area contributed by atoms with Gasteiger partial charge in [-0.3, -0.25) is 0 Å². The predicted molar refractivity (Wildman–Crippen MR) is 69.0 cm³/mol. The fourth-order valence-electron chi connectivity index (χ4n) is 2.23. The summed E-state index contributed by atoms with van der Waals surface area (Å²) in [6, 6.07) is 6.48. The Morgan fingerprint density at radius 1 is 1.25 bits per heavy atom. The fraction of sp³-hybridized carbons (Fsp3) is 0.462. The SMILES string of the molecule is Cc1cc(N2CCCCC2)ccc1C=NN. The Morgan fingerprint density at radius 3 is 2.62 bits per heavy atom. The second-order valence-electron chi connectivity index (χ2n) is 4.37. The van der Waals surface area contributed by atoms with Gasteiger partial charge in [-0.05, 0) is 49.4 Å². The molecule has 0 amide bonds. The van der Waals surface area contributed by atoms with Crippen LogP contribution in [0.3, 0.4) is 0 Å². The van der Waals surface area contributed by atoms with E-state index in [9.17, 15) is 0 Å². The number of anilines is 1. The number of aryl methyl sites for hydroxylation is 1. The van der Waals surface area contributed by atoms with Gasteiger partial charge in [-0.15, -0.1) is 0 Å². The van der Waals surface area contributed by atoms with Crippen molar-refractivity contribution in [1.82, 2.24) is 0 Å². The molecule has 1 heterocycles. The van der Waals surface area contributed by atoms with E-state index in [1.165, 1.54) is 43.6 Å². The Morgan fingerprint density at radius 2 is 2.00 bits per heavy atom. The third kappa shape index (κ3) is 2.35. The molecular formula is C13H19N3. The summed E-state index contributed by atoms with van der Waals surface area (Å²) in [5.74, 6) is 5.17. The average molecular weight is 217 g/mol. The summed E-state index contributed by atoms with van der Waals surface area (Å²) in [5, 5.41) is 3.57. The Balaban J connectivity index is 2.19. The summed E-state index contributed by atoms with van der Waals surface area (Å²) in [6.45, 7) is 4.47. The van der Waals surface area contributed by atoms with Crippen molar-refractivity contribution in [2.45, 2.75) is 26.2 Å². The van der Waals surface area contributed by atoms with Crippen LogP contribution in [0.5, 0.6) is 0 Å². The van der Waals surface area contributed by atoms with E-state index in [1.807, 2.05) is 0 Å². The minimum Gasteiger partial charge on any atom is -0.372 e. The monoisotopic (exact) mass is 217 g/mol. The summed E-state index contributed by atoms with van der Waals surface area (Å²) >= 11 is 0. The Bertz CT molecular complexity index is 379. The molecule has 1 aromatic carbocycles. The summed E-state index contributed by atoms with van der Waals surface area (Å²) in [4.78, 5) is 2.46. The number of nitrogens with zero attached hydrogens (tertiary/aromatic N) is 2. The number of nitrogens with two attached hydrogens (primary N) is 1. The van der Waals surface area contributed by atoms with Gasteiger partial charge in [0.25, 0.3) is 0 Å². The van der Waals surface area contributed by atoms with E-state index in [-0.39, 0.29) is 0 Å². The first-order chi connectivity index (χ1) is 7.81. The van der Waals surface area contributed by atoms with Crippen LogP contribution < -0.4 is 10.7 Å². The smallest absolute Gasteiger partial charge is 0.0540 e. The molecule has 2 N–H and O–H groups in total. The number of piperidine rings is 1. The molecular weight excluding hydrogens is 198 g/mol. The summed E-state index contributed by atoms with van der Waals surface area (Å²) in [5.41, 5.74) is 3.66. The number of hydrogen-bond acceptors (Lipinski definition) is 3. The van der Waals surface area contributed by atoms with E-state index in [0.717, 1.165) is 5.56 Å². The van der Waals surface area contributed by atoms with Crippen molar-refractivity contribution in [3.8, 4) is 0 Å². The molecule has 2 rings (SSSR count). The zero-order valence-electron chi connectivity index (χ0n) is 9.82. The van der Waals surface area contributed by atoms with Gasteiger partial charge in [0.15, 0.2) is 0 Å². The summed E-state index contributed by atoms with van der Waals surface area (Å²) in [6.07, 6.45) is 5.69. The summed E-state index contributed by atoms with van der Waals surface area (Å²) in [7, 11) is 0. The van der Waals surface area contributed by atoms with Crippen molar-refractivity contribution in [2.75, 3.05) is 18.0 Å². The van der Waals surface area contributed by atoms with E-state index in [1.54, 1.807) is 6.21 Å². The first-order valence-electron chi connectivity index (χ1n) is 5.90. The van der Waals surface area contributed by atoms with Gasteiger partial charge >= 0.3 is 0 Å². The highest BCUT2D eigenvalue weighted by Crippen LogP contribution is 2.22. The normalized spacial score (nSPS) is 16.9. The molecule has 86 valence electrons. The molecule has 0 unspecified atom stereocenters. The van der Waals surface area contributed by atoms with Crippen LogP contribution in [-0.4, -0.2) is 19.3 Å². The van der Waals surface area contributed by atoms with Crippen LogP contribution in [-0.2, 0) is 0 Å². The highest BCUT2D eigenvalue weighted by atomic mass is 15.1. The largest absolute Gasteiger partial charge is 0.372 e. The third-order valence-electron chi connectivity index (χ3n) is 3.19. The minimum absolute atomic E-state index is 1.10. The van der Waals surface area contributed by atoms with Gasteiger partial charge in [0.05, 0.1) is 6.21 Å². The van der Waals surface area contributed by atoms with Crippen LogP contribution in [0.15, 0.2) is 23.3 Å². The molecule has 1 aliphatic heterocycles. The molecule has 1 fully saturated rings. The highest BCUT2D eigenvalue weighted by Gasteiger charge is 2.11. The Labute approximate surface area is 96.9 Å². The van der Waals surface area contributed by atoms with E-state index in [4.69, 9.17) is 5.84 Å². The van der Waals surface area contributed by atoms with E-state index in [0.29, 0.717) is 0 Å². The first kappa shape index (κ1) is 11.0. The summed E-state index contributed by atoms with van der Waals surface area (Å²) < 4.78 is 0. The topological polar surface area (TPSA) is 41.6 Å². The zero-order valence-corrected chi connectivity index (χ0v) is 9.82. The maximum atomic E-state index is 5.17. The predicted octanol–water partition coefficient (Wildman–Crippen LogP) is 2.28. The highest BCUT2D eigenvalue weighted by molar-refractivity contribution is 5.82. The molecule has 0 saturated carbocycles. The molecule has 0 atom stereocenters. The standard InChI is InChI=1S/C13H19N3/c1-11-9-13(6-5-12(11)10-15-14)16-7-3-2-4-8-16/h5-6,9-10H,2-4,7-8,14H2,1H3. The Kier molecular flexibility index (Phi) is 3.44. The molecule has 0 aromatic heterocycles. The first-order valence-corrected chi connectivity index (χ1v) is 5.90. The van der Waals surface area contributed by atoms with Crippen molar-refractivity contribution in [3.05, 3.63) is 29.3 Å². The fourth-order valence-corrected chi connectivity index (χ4v) is 2.23. The van der Waals surface area contributed by atoms with Crippen molar-refractivity contribution < 1.29 is 0 Å². The van der Waals surface area contributed by atoms with E-state index >= 15 is 0 Å². The van der Waals surface area contributed by atoms with Gasteiger partial charge in [0.2, 0.25) is 0 Å². The lowest BCUT2D eigenvalue weighted by Crippen LogP contribution is -2.29. The molecule has 0 bridgehead atoms. The van der Waals surface area contributed by atoms with Gasteiger partial charge in [-0.1, -0.05) is 6.07 Å². The van der Waals surface area contributed by atoms with Crippen LogP contribution in [0.1, 0.15) is 30.4 Å². The van der Waals surface area contributed by atoms with Crippen LogP contribution >= 0.6 is 0 Å². The molecule has 0 radical (unpaired) electrons. The van der Waals surface area contributed by atoms with Crippen molar-refractivity contribution in [2.24, 2.45) is 10.9 Å². The van der Waals surface area contributed by atoms with Gasteiger partial charge in [-0.2, -0.15) is 5.10 Å². The zero-order chi connectivity index (χ0) is 11.4. The molecule has 3 nitrogen and oxygen atoms in total. The number of hydrogen-bond donors (Lipinski definition) is 1. The minimum atomic E-state index is 1.10. The molecule has 1 aromatic rings. The van der Waals surface area contributed by atoms with Crippen molar-refractivity contribution >= 4 is 11.9 Å². The van der Waals surface area contributed by atoms with E-state index in [2.05, 4.69) is 35.1 Å². The molecule has 16 heavy (non-hydrogen) atoms. The molecule has 0 aliphatic carbocycles. The molecule has 0 spiro atoms. The number of rotatable bonds is 2. The molecule has 1 aliphatic rings. The van der Waals surface area contributed by atoms with Gasteiger partial charge in [0.1, 0.15) is 0 Å². The van der Waals surface area contributed by atoms with Gasteiger partial charge < -0.3 is 10.7 Å². The Hall–Kier alpha value is -1.51. The van der Waals surface area contributed by atoms with Crippen LogP contribution in [0.4, 0.5) is 5.69 Å². The third-order valence-corrected chi connectivity index (χ3v) is 3.19. The quantitative estimate of drug-likeness (QED) is 0.469. The van der Waals surface area contributed by atoms with Crippen LogP contribution in [0.25, 0.3) is 0 Å². The lowest BCUT2D eigenvalue weighted by molar-refractivity contribution is 0.578. The average Bonchev–Trinajstić information content (AvgIpc) is 2.33. The molecule has 3 heteroatoms. The van der Waals surface area contributed by atoms with E-state index < -0.39 is 0 Å². The second kappa shape index (κ2) is 5.01. The lowest BCUT2D eigenvalue weighted by atomic mass is 10.1.